The van der Waals surface area contributed by atoms with E-state index < -0.39 is 17.6 Å². The van der Waals surface area contributed by atoms with E-state index in [0.717, 1.165) is 12.1 Å². The fraction of sp³-hybridized carbons (Fsp3) is 0. The Kier molecular flexibility index (Phi) is 3.25. The summed E-state index contributed by atoms with van der Waals surface area (Å²) in [5.41, 5.74) is 0.515. The molecule has 6 heteroatoms. The highest BCUT2D eigenvalue weighted by Gasteiger charge is 2.11. The van der Waals surface area contributed by atoms with Crippen LogP contribution in [0.25, 0.3) is 11.1 Å². The molecule has 0 spiro atoms. The maximum atomic E-state index is 13.1. The maximum absolute atomic E-state index is 13.1. The molecule has 3 nitrogen and oxygen atoms in total. The zero-order valence-electron chi connectivity index (χ0n) is 8.82. The fourth-order valence-electron chi connectivity index (χ4n) is 1.42. The lowest BCUT2D eigenvalue weighted by molar-refractivity contribution is 0.0690. The molecule has 0 radical (unpaired) electrons. The monoisotopic (exact) mass is 269 g/mol. The molecule has 1 heterocycles. The molecule has 0 aliphatic rings. The van der Waals surface area contributed by atoms with E-state index in [-0.39, 0.29) is 16.3 Å². The summed E-state index contributed by atoms with van der Waals surface area (Å²) in [5.74, 6) is -3.24. The molecule has 0 fully saturated rings. The van der Waals surface area contributed by atoms with E-state index in [1.165, 1.54) is 18.3 Å². The average molecular weight is 270 g/mol. The first-order chi connectivity index (χ1) is 8.49. The second-order valence-electron chi connectivity index (χ2n) is 3.48. The van der Waals surface area contributed by atoms with Gasteiger partial charge in [0.15, 0.2) is 11.6 Å². The first-order valence-electron chi connectivity index (χ1n) is 4.83. The molecule has 0 unspecified atom stereocenters. The van der Waals surface area contributed by atoms with Gasteiger partial charge in [0.25, 0.3) is 0 Å². The number of pyridine rings is 1. The van der Waals surface area contributed by atoms with E-state index in [2.05, 4.69) is 4.98 Å². The van der Waals surface area contributed by atoms with Crippen LogP contribution in [0.4, 0.5) is 8.78 Å². The Morgan fingerprint density at radius 1 is 1.22 bits per heavy atom. The van der Waals surface area contributed by atoms with E-state index in [9.17, 15) is 13.6 Å². The molecule has 1 N–H and O–H groups in total. The summed E-state index contributed by atoms with van der Waals surface area (Å²) in [6.07, 6.45) is 1.24. The van der Waals surface area contributed by atoms with Crippen molar-refractivity contribution in [2.75, 3.05) is 0 Å². The predicted molar refractivity (Wildman–Crippen MR) is 61.6 cm³/mol. The molecule has 0 aliphatic heterocycles. The summed E-state index contributed by atoms with van der Waals surface area (Å²) in [7, 11) is 0. The SMILES string of the molecule is O=C(O)c1ccc(-c2cc(F)c(F)cc2Cl)cn1. The third-order valence-corrected chi connectivity index (χ3v) is 2.62. The number of hydrogen-bond acceptors (Lipinski definition) is 2. The van der Waals surface area contributed by atoms with Crippen molar-refractivity contribution < 1.29 is 18.7 Å². The average Bonchev–Trinajstić information content (AvgIpc) is 2.34. The molecule has 18 heavy (non-hydrogen) atoms. The van der Waals surface area contributed by atoms with Gasteiger partial charge in [0.1, 0.15) is 5.69 Å². The number of halogens is 3. The van der Waals surface area contributed by atoms with Crippen LogP contribution in [0, 0.1) is 11.6 Å². The third kappa shape index (κ3) is 2.31. The van der Waals surface area contributed by atoms with Gasteiger partial charge in [0.05, 0.1) is 5.02 Å². The van der Waals surface area contributed by atoms with Crippen molar-refractivity contribution in [3.05, 3.63) is 52.8 Å². The van der Waals surface area contributed by atoms with E-state index in [1.54, 1.807) is 0 Å². The highest BCUT2D eigenvalue weighted by molar-refractivity contribution is 6.33. The second-order valence-corrected chi connectivity index (χ2v) is 3.89. The summed E-state index contributed by atoms with van der Waals surface area (Å²) in [5, 5.41) is 8.71. The number of hydrogen-bond donors (Lipinski definition) is 1. The van der Waals surface area contributed by atoms with Gasteiger partial charge >= 0.3 is 5.97 Å². The number of carboxylic acids is 1. The van der Waals surface area contributed by atoms with Gasteiger partial charge < -0.3 is 5.11 Å². The lowest BCUT2D eigenvalue weighted by Crippen LogP contribution is -1.99. The van der Waals surface area contributed by atoms with Crippen molar-refractivity contribution in [3.8, 4) is 11.1 Å². The topological polar surface area (TPSA) is 50.2 Å². The van der Waals surface area contributed by atoms with Gasteiger partial charge in [0.2, 0.25) is 0 Å². The lowest BCUT2D eigenvalue weighted by atomic mass is 10.1. The highest BCUT2D eigenvalue weighted by atomic mass is 35.5. The molecule has 0 amide bonds. The molecule has 0 bridgehead atoms. The van der Waals surface area contributed by atoms with Crippen molar-refractivity contribution >= 4 is 17.6 Å². The lowest BCUT2D eigenvalue weighted by Gasteiger charge is -2.05. The summed E-state index contributed by atoms with van der Waals surface area (Å²) in [4.78, 5) is 14.3. The van der Waals surface area contributed by atoms with Crippen LogP contribution in [0.2, 0.25) is 5.02 Å². The van der Waals surface area contributed by atoms with E-state index in [4.69, 9.17) is 16.7 Å². The zero-order valence-corrected chi connectivity index (χ0v) is 9.58. The Morgan fingerprint density at radius 3 is 2.44 bits per heavy atom. The number of benzene rings is 1. The normalized spacial score (nSPS) is 10.4. The molecule has 1 aromatic carbocycles. The molecule has 1 aromatic heterocycles. The number of nitrogens with zero attached hydrogens (tertiary/aromatic N) is 1. The van der Waals surface area contributed by atoms with Crippen molar-refractivity contribution in [1.29, 1.82) is 0 Å². The van der Waals surface area contributed by atoms with Crippen LogP contribution in [-0.4, -0.2) is 16.1 Å². The molecular formula is C12H6ClF2NO2. The molecule has 0 atom stereocenters. The van der Waals surface area contributed by atoms with Crippen LogP contribution in [0.3, 0.4) is 0 Å². The standard InChI is InChI=1S/C12H6ClF2NO2/c13-8-4-10(15)9(14)3-7(8)6-1-2-11(12(17)18)16-5-6/h1-5H,(H,17,18). The molecule has 0 saturated carbocycles. The molecule has 0 saturated heterocycles. The number of aromatic nitrogens is 1. The van der Waals surface area contributed by atoms with Crippen LogP contribution >= 0.6 is 11.6 Å². The van der Waals surface area contributed by atoms with Gasteiger partial charge in [-0.1, -0.05) is 17.7 Å². The van der Waals surface area contributed by atoms with Crippen molar-refractivity contribution in [2.24, 2.45) is 0 Å². The smallest absolute Gasteiger partial charge is 0.354 e. The minimum absolute atomic E-state index is 0.0266. The van der Waals surface area contributed by atoms with Gasteiger partial charge in [-0.3, -0.25) is 0 Å². The Labute approximate surface area is 106 Å². The minimum atomic E-state index is -1.17. The number of aromatic carboxylic acids is 1. The molecular weight excluding hydrogens is 264 g/mol. The summed E-state index contributed by atoms with van der Waals surface area (Å²) in [6.45, 7) is 0. The fourth-order valence-corrected chi connectivity index (χ4v) is 1.68. The molecule has 0 aliphatic carbocycles. The Morgan fingerprint density at radius 2 is 1.89 bits per heavy atom. The van der Waals surface area contributed by atoms with Crippen LogP contribution in [0.15, 0.2) is 30.5 Å². The number of rotatable bonds is 2. The van der Waals surface area contributed by atoms with Gasteiger partial charge in [-0.25, -0.2) is 18.6 Å². The van der Waals surface area contributed by atoms with Crippen LogP contribution in [-0.2, 0) is 0 Å². The Hall–Kier alpha value is -2.01. The van der Waals surface area contributed by atoms with Crippen LogP contribution < -0.4 is 0 Å². The van der Waals surface area contributed by atoms with Gasteiger partial charge in [-0.15, -0.1) is 0 Å². The maximum Gasteiger partial charge on any atom is 0.354 e. The van der Waals surface area contributed by atoms with Crippen molar-refractivity contribution in [2.45, 2.75) is 0 Å². The first kappa shape index (κ1) is 12.4. The van der Waals surface area contributed by atoms with Crippen LogP contribution in [0.1, 0.15) is 10.5 Å². The number of carboxylic acid groups (broad SMARTS) is 1. The summed E-state index contributed by atoms with van der Waals surface area (Å²) in [6, 6.07) is 4.48. The molecule has 2 aromatic rings. The zero-order chi connectivity index (χ0) is 13.3. The predicted octanol–water partition coefficient (Wildman–Crippen LogP) is 3.38. The minimum Gasteiger partial charge on any atom is -0.477 e. The Bertz CT molecular complexity index is 614. The van der Waals surface area contributed by atoms with E-state index in [0.29, 0.717) is 5.56 Å². The molecule has 2 rings (SSSR count). The van der Waals surface area contributed by atoms with E-state index in [1.807, 2.05) is 0 Å². The van der Waals surface area contributed by atoms with Crippen molar-refractivity contribution in [3.63, 3.8) is 0 Å². The Balaban J connectivity index is 2.49. The van der Waals surface area contributed by atoms with Crippen molar-refractivity contribution in [1.82, 2.24) is 4.98 Å². The third-order valence-electron chi connectivity index (χ3n) is 2.30. The van der Waals surface area contributed by atoms with Gasteiger partial charge in [-0.05, 0) is 18.2 Å². The summed E-state index contributed by atoms with van der Waals surface area (Å²) >= 11 is 5.79. The van der Waals surface area contributed by atoms with Gasteiger partial charge in [-0.2, -0.15) is 0 Å². The number of carbonyl (C=O) groups is 1. The highest BCUT2D eigenvalue weighted by Crippen LogP contribution is 2.29. The molecule has 92 valence electrons. The summed E-state index contributed by atoms with van der Waals surface area (Å²) < 4.78 is 26.0. The second kappa shape index (κ2) is 4.70. The quantitative estimate of drug-likeness (QED) is 0.850. The largest absolute Gasteiger partial charge is 0.477 e. The van der Waals surface area contributed by atoms with E-state index >= 15 is 0 Å². The van der Waals surface area contributed by atoms with Gasteiger partial charge in [0, 0.05) is 17.3 Å². The van der Waals surface area contributed by atoms with Crippen LogP contribution in [0.5, 0.6) is 0 Å². The first-order valence-corrected chi connectivity index (χ1v) is 5.21.